The van der Waals surface area contributed by atoms with Gasteiger partial charge in [0, 0.05) is 18.3 Å². The lowest BCUT2D eigenvalue weighted by atomic mass is 9.55. The predicted molar refractivity (Wildman–Crippen MR) is 92.3 cm³/mol. The van der Waals surface area contributed by atoms with Crippen LogP contribution in [-0.4, -0.2) is 30.2 Å². The zero-order chi connectivity index (χ0) is 16.5. The molecule has 4 aliphatic carbocycles. The average molecular weight is 330 g/mol. The molecule has 1 N–H and O–H groups in total. The lowest BCUT2D eigenvalue weighted by molar-refractivity contribution is -0.164. The minimum atomic E-state index is -0.307. The molecular formula is C21H30O3. The summed E-state index contributed by atoms with van der Waals surface area (Å²) < 4.78 is 12.0. The van der Waals surface area contributed by atoms with E-state index in [1.807, 2.05) is 0 Å². The number of aliphatic hydroxyl groups is 1. The lowest BCUT2D eigenvalue weighted by Gasteiger charge is -2.50. The van der Waals surface area contributed by atoms with Crippen molar-refractivity contribution in [2.45, 2.75) is 70.7 Å². The van der Waals surface area contributed by atoms with Gasteiger partial charge in [0.15, 0.2) is 5.79 Å². The van der Waals surface area contributed by atoms with E-state index in [0.29, 0.717) is 17.8 Å². The summed E-state index contributed by atoms with van der Waals surface area (Å²) in [6, 6.07) is 0. The Labute approximate surface area is 145 Å². The molecule has 0 radical (unpaired) electrons. The maximum atomic E-state index is 10.6. The Hall–Kier alpha value is -0.640. The van der Waals surface area contributed by atoms with E-state index in [0.717, 1.165) is 45.3 Å². The summed E-state index contributed by atoms with van der Waals surface area (Å²) in [6.07, 6.45) is 9.89. The molecule has 1 aliphatic heterocycles. The number of hydrogen-bond donors (Lipinski definition) is 1. The molecule has 1 heterocycles. The van der Waals surface area contributed by atoms with E-state index in [9.17, 15) is 5.11 Å². The summed E-state index contributed by atoms with van der Waals surface area (Å²) >= 11 is 0. The monoisotopic (exact) mass is 330 g/mol. The zero-order valence-electron chi connectivity index (χ0n) is 15.0. The molecule has 0 bridgehead atoms. The minimum absolute atomic E-state index is 0.105. The summed E-state index contributed by atoms with van der Waals surface area (Å²) in [4.78, 5) is 0. The van der Waals surface area contributed by atoms with Crippen molar-refractivity contribution < 1.29 is 14.6 Å². The highest BCUT2D eigenvalue weighted by Gasteiger charge is 2.54. The Bertz CT molecular complexity index is 613. The van der Waals surface area contributed by atoms with E-state index in [1.165, 1.54) is 12.8 Å². The molecule has 24 heavy (non-hydrogen) atoms. The van der Waals surface area contributed by atoms with Crippen molar-refractivity contribution in [1.82, 2.24) is 0 Å². The second kappa shape index (κ2) is 5.18. The molecular weight excluding hydrogens is 300 g/mol. The van der Waals surface area contributed by atoms with Crippen LogP contribution in [0.25, 0.3) is 0 Å². The van der Waals surface area contributed by atoms with E-state index >= 15 is 0 Å². The molecule has 0 aromatic heterocycles. The van der Waals surface area contributed by atoms with Crippen molar-refractivity contribution in [3.8, 4) is 0 Å². The van der Waals surface area contributed by atoms with Crippen LogP contribution in [0.1, 0.15) is 58.8 Å². The second-order valence-corrected chi connectivity index (χ2v) is 9.14. The van der Waals surface area contributed by atoms with Crippen molar-refractivity contribution in [3.63, 3.8) is 0 Å². The predicted octanol–water partition coefficient (Wildman–Crippen LogP) is 3.97. The Morgan fingerprint density at radius 1 is 1.21 bits per heavy atom. The lowest BCUT2D eigenvalue weighted by Crippen LogP contribution is -2.44. The van der Waals surface area contributed by atoms with Crippen LogP contribution in [0.5, 0.6) is 0 Å². The van der Waals surface area contributed by atoms with Crippen molar-refractivity contribution in [3.05, 3.63) is 22.8 Å². The maximum Gasteiger partial charge on any atom is 0.172 e. The van der Waals surface area contributed by atoms with Crippen LogP contribution in [0.2, 0.25) is 0 Å². The Morgan fingerprint density at radius 3 is 2.79 bits per heavy atom. The highest BCUT2D eigenvalue weighted by Crippen LogP contribution is 2.61. The summed E-state index contributed by atoms with van der Waals surface area (Å²) in [6.45, 7) is 6.26. The fraction of sp³-hybridized carbons (Fsp3) is 0.810. The van der Waals surface area contributed by atoms with Crippen LogP contribution in [0.4, 0.5) is 0 Å². The van der Waals surface area contributed by atoms with Crippen LogP contribution in [0.3, 0.4) is 0 Å². The van der Waals surface area contributed by atoms with Gasteiger partial charge in [0.05, 0.1) is 19.3 Å². The fourth-order valence-electron chi connectivity index (χ4n) is 6.65. The van der Waals surface area contributed by atoms with Crippen LogP contribution in [0, 0.1) is 23.2 Å². The molecule has 3 unspecified atom stereocenters. The molecule has 3 nitrogen and oxygen atoms in total. The van der Waals surface area contributed by atoms with Gasteiger partial charge in [-0.2, -0.15) is 0 Å². The van der Waals surface area contributed by atoms with Gasteiger partial charge in [-0.05, 0) is 61.0 Å². The second-order valence-electron chi connectivity index (χ2n) is 9.14. The molecule has 0 aromatic carbocycles. The Balaban J connectivity index is 1.52. The molecule has 0 aromatic rings. The van der Waals surface area contributed by atoms with Crippen LogP contribution in [0.15, 0.2) is 22.8 Å². The third-order valence-electron chi connectivity index (χ3n) is 7.92. The largest absolute Gasteiger partial charge is 0.393 e. The number of allylic oxidation sites excluding steroid dienone is 3. The highest BCUT2D eigenvalue weighted by molar-refractivity contribution is 5.45. The summed E-state index contributed by atoms with van der Waals surface area (Å²) in [5.74, 6) is 1.67. The first-order chi connectivity index (χ1) is 11.5. The third kappa shape index (κ3) is 2.01. The zero-order valence-corrected chi connectivity index (χ0v) is 15.0. The van der Waals surface area contributed by atoms with Crippen molar-refractivity contribution in [1.29, 1.82) is 0 Å². The fourth-order valence-corrected chi connectivity index (χ4v) is 6.65. The summed E-state index contributed by atoms with van der Waals surface area (Å²) in [5, 5.41) is 10.6. The van der Waals surface area contributed by atoms with Gasteiger partial charge in [-0.3, -0.25) is 0 Å². The van der Waals surface area contributed by atoms with Crippen LogP contribution in [-0.2, 0) is 9.47 Å². The van der Waals surface area contributed by atoms with Gasteiger partial charge >= 0.3 is 0 Å². The number of ether oxygens (including phenoxy) is 2. The molecule has 2 fully saturated rings. The molecule has 0 amide bonds. The molecule has 5 aliphatic rings. The molecule has 132 valence electrons. The number of rotatable bonds is 0. The molecule has 1 spiro atoms. The summed E-state index contributed by atoms with van der Waals surface area (Å²) in [7, 11) is 0. The topological polar surface area (TPSA) is 38.7 Å². The van der Waals surface area contributed by atoms with E-state index in [4.69, 9.17) is 9.47 Å². The van der Waals surface area contributed by atoms with Gasteiger partial charge in [-0.15, -0.1) is 0 Å². The SMILES string of the molecule is C[C@@H]1CC2=C(CCC3(C2)OCCO3)C2=CC[C@]3(C)C(O)CCC3C21. The van der Waals surface area contributed by atoms with Gasteiger partial charge in [0.25, 0.3) is 0 Å². The van der Waals surface area contributed by atoms with Gasteiger partial charge in [0.1, 0.15) is 0 Å². The van der Waals surface area contributed by atoms with Crippen LogP contribution < -0.4 is 0 Å². The molecule has 1 saturated carbocycles. The molecule has 5 rings (SSSR count). The van der Waals surface area contributed by atoms with E-state index in [2.05, 4.69) is 19.9 Å². The van der Waals surface area contributed by atoms with Gasteiger partial charge in [0.2, 0.25) is 0 Å². The molecule has 3 heteroatoms. The first-order valence-corrected chi connectivity index (χ1v) is 9.90. The molecule has 5 atom stereocenters. The summed E-state index contributed by atoms with van der Waals surface area (Å²) in [5.41, 5.74) is 4.97. The van der Waals surface area contributed by atoms with Gasteiger partial charge in [-0.1, -0.05) is 25.5 Å². The van der Waals surface area contributed by atoms with E-state index < -0.39 is 0 Å². The maximum absolute atomic E-state index is 10.6. The number of fused-ring (bicyclic) bond motifs is 4. The van der Waals surface area contributed by atoms with Gasteiger partial charge < -0.3 is 14.6 Å². The van der Waals surface area contributed by atoms with Gasteiger partial charge in [-0.25, -0.2) is 0 Å². The quantitative estimate of drug-likeness (QED) is 0.730. The number of aliphatic hydroxyl groups excluding tert-OH is 1. The van der Waals surface area contributed by atoms with E-state index in [1.54, 1.807) is 16.7 Å². The standard InChI is InChI=1S/C21H30O3/c1-13-11-14-12-21(23-9-10-24-21)8-6-15(14)16-5-7-20(2)17(19(13)16)3-4-18(20)22/h5,13,17-19,22H,3-4,6-12H2,1-2H3/t13-,17?,18?,19?,20+/m1/s1. The minimum Gasteiger partial charge on any atom is -0.393 e. The average Bonchev–Trinajstić information content (AvgIpc) is 3.12. The Morgan fingerprint density at radius 2 is 2.00 bits per heavy atom. The Kier molecular flexibility index (Phi) is 3.37. The van der Waals surface area contributed by atoms with Crippen LogP contribution >= 0.6 is 0 Å². The number of hydrogen-bond acceptors (Lipinski definition) is 3. The first-order valence-electron chi connectivity index (χ1n) is 9.90. The molecule has 1 saturated heterocycles. The third-order valence-corrected chi connectivity index (χ3v) is 7.92. The normalized spacial score (nSPS) is 46.5. The van der Waals surface area contributed by atoms with Crippen molar-refractivity contribution >= 4 is 0 Å². The smallest absolute Gasteiger partial charge is 0.172 e. The van der Waals surface area contributed by atoms with Crippen molar-refractivity contribution in [2.24, 2.45) is 23.2 Å². The first kappa shape index (κ1) is 15.6. The van der Waals surface area contributed by atoms with E-state index in [-0.39, 0.29) is 17.3 Å². The van der Waals surface area contributed by atoms with Crippen molar-refractivity contribution in [2.75, 3.05) is 13.2 Å². The highest BCUT2D eigenvalue weighted by atomic mass is 16.7.